The summed E-state index contributed by atoms with van der Waals surface area (Å²) in [6.45, 7) is 10.7. The van der Waals surface area contributed by atoms with Crippen LogP contribution < -0.4 is 0 Å². The number of benzene rings is 2. The van der Waals surface area contributed by atoms with Crippen LogP contribution in [0.25, 0.3) is 10.8 Å². The molecule has 2 rings (SSSR count). The Morgan fingerprint density at radius 3 is 2.00 bits per heavy atom. The molecule has 0 aromatic heterocycles. The van der Waals surface area contributed by atoms with Crippen molar-refractivity contribution in [3.8, 4) is 0 Å². The molecule has 0 aliphatic carbocycles. The first-order valence-electron chi connectivity index (χ1n) is 17.7. The first-order valence-corrected chi connectivity index (χ1v) is 17.7. The highest BCUT2D eigenvalue weighted by atomic mass is 16.6. The average Bonchev–Trinajstić information content (AvgIpc) is 3.01. The Kier molecular flexibility index (Phi) is 19.0. The van der Waals surface area contributed by atoms with Crippen LogP contribution in [-0.4, -0.2) is 25.0 Å². The second kappa shape index (κ2) is 22.1. The molecule has 0 saturated carbocycles. The van der Waals surface area contributed by atoms with Crippen molar-refractivity contribution >= 4 is 22.5 Å². The van der Waals surface area contributed by atoms with Crippen molar-refractivity contribution in [3.05, 3.63) is 59.7 Å². The van der Waals surface area contributed by atoms with Crippen LogP contribution in [0.4, 0.5) is 0 Å². The lowest BCUT2D eigenvalue weighted by atomic mass is 9.90. The molecule has 0 radical (unpaired) electrons. The number of fused-ring (bicyclic) bond motifs is 1. The Morgan fingerprint density at radius 1 is 0.773 bits per heavy atom. The van der Waals surface area contributed by atoms with E-state index in [1.807, 2.05) is 44.2 Å². The number of rotatable bonds is 24. The van der Waals surface area contributed by atoms with E-state index in [1.54, 1.807) is 7.11 Å². The molecule has 0 saturated heterocycles. The molecule has 0 N–H and O–H groups in total. The van der Waals surface area contributed by atoms with E-state index >= 15 is 0 Å². The molecule has 246 valence electrons. The third-order valence-electron chi connectivity index (χ3n) is 8.98. The molecule has 2 aromatic carbocycles. The molecule has 0 amide bonds. The van der Waals surface area contributed by atoms with Crippen LogP contribution in [0.3, 0.4) is 0 Å². The number of ether oxygens (including phenoxy) is 2. The SMILES string of the molecule is CCCCCCCCCCC[C@@H](CCCCC(C)CC(C)/C=C(\C)C(=O)CC)OC(=O)[C@H](OC)c1ccc2ccccc2c1. The summed E-state index contributed by atoms with van der Waals surface area (Å²) in [5, 5.41) is 2.24. The number of carbonyl (C=O) groups excluding carboxylic acids is 2. The second-order valence-corrected chi connectivity index (χ2v) is 13.1. The molecular formula is C40H62O4. The van der Waals surface area contributed by atoms with Gasteiger partial charge in [-0.1, -0.05) is 134 Å². The van der Waals surface area contributed by atoms with E-state index in [0.717, 1.165) is 66.9 Å². The average molecular weight is 607 g/mol. The minimum atomic E-state index is -0.720. The summed E-state index contributed by atoms with van der Waals surface area (Å²) in [7, 11) is 1.59. The van der Waals surface area contributed by atoms with Gasteiger partial charge in [0.05, 0.1) is 0 Å². The molecule has 4 atom stereocenters. The largest absolute Gasteiger partial charge is 0.460 e. The fraction of sp³-hybridized carbons (Fsp3) is 0.650. The third kappa shape index (κ3) is 14.5. The maximum atomic E-state index is 13.4. The van der Waals surface area contributed by atoms with Crippen LogP contribution in [0.2, 0.25) is 0 Å². The van der Waals surface area contributed by atoms with E-state index in [2.05, 4.69) is 39.0 Å². The molecule has 4 heteroatoms. The van der Waals surface area contributed by atoms with Crippen molar-refractivity contribution in [2.75, 3.05) is 7.11 Å². The summed E-state index contributed by atoms with van der Waals surface area (Å²) in [4.78, 5) is 25.4. The number of unbranched alkanes of at least 4 members (excludes halogenated alkanes) is 9. The van der Waals surface area contributed by atoms with Crippen LogP contribution >= 0.6 is 0 Å². The Morgan fingerprint density at radius 2 is 1.36 bits per heavy atom. The monoisotopic (exact) mass is 606 g/mol. The highest BCUT2D eigenvalue weighted by molar-refractivity contribution is 5.94. The van der Waals surface area contributed by atoms with E-state index in [9.17, 15) is 9.59 Å². The highest BCUT2D eigenvalue weighted by Gasteiger charge is 2.25. The maximum absolute atomic E-state index is 13.4. The number of hydrogen-bond acceptors (Lipinski definition) is 4. The van der Waals surface area contributed by atoms with Crippen molar-refractivity contribution in [1.29, 1.82) is 0 Å². The van der Waals surface area contributed by atoms with Crippen molar-refractivity contribution in [3.63, 3.8) is 0 Å². The smallest absolute Gasteiger partial charge is 0.340 e. The zero-order valence-corrected chi connectivity index (χ0v) is 28.9. The number of hydrogen-bond donors (Lipinski definition) is 0. The minimum Gasteiger partial charge on any atom is -0.460 e. The summed E-state index contributed by atoms with van der Waals surface area (Å²) in [6.07, 6.45) is 19.7. The van der Waals surface area contributed by atoms with Gasteiger partial charge in [0.2, 0.25) is 0 Å². The molecule has 0 spiro atoms. The lowest BCUT2D eigenvalue weighted by Crippen LogP contribution is -2.24. The van der Waals surface area contributed by atoms with Gasteiger partial charge >= 0.3 is 5.97 Å². The number of esters is 1. The third-order valence-corrected chi connectivity index (χ3v) is 8.98. The van der Waals surface area contributed by atoms with Gasteiger partial charge in [-0.25, -0.2) is 4.79 Å². The van der Waals surface area contributed by atoms with Crippen LogP contribution in [0.15, 0.2) is 54.1 Å². The molecular weight excluding hydrogens is 544 g/mol. The topological polar surface area (TPSA) is 52.6 Å². The summed E-state index contributed by atoms with van der Waals surface area (Å²) in [6, 6.07) is 14.2. The standard InChI is InChI=1S/C40H62O4/c1-7-9-10-11-12-13-14-15-16-24-37(25-20-17-21-31(3)28-32(4)29-33(5)38(41)8-2)44-40(42)39(43-6)36-27-26-34-22-18-19-23-35(34)30-36/h18-19,22-23,26-27,29-32,37,39H,7-17,20-21,24-25,28H2,1-6H3/b33-29+/t31?,32?,37-,39+/m0/s1. The van der Waals surface area contributed by atoms with E-state index in [4.69, 9.17) is 9.47 Å². The molecule has 0 heterocycles. The Labute approximate surface area is 269 Å². The number of methoxy groups -OCH3 is 1. The van der Waals surface area contributed by atoms with Crippen LogP contribution in [0.5, 0.6) is 0 Å². The van der Waals surface area contributed by atoms with Crippen LogP contribution in [0, 0.1) is 11.8 Å². The molecule has 0 bridgehead atoms. The number of ketones is 1. The number of allylic oxidation sites excluding steroid dienone is 2. The summed E-state index contributed by atoms with van der Waals surface area (Å²) in [5.74, 6) is 0.958. The van der Waals surface area contributed by atoms with E-state index in [1.165, 1.54) is 51.4 Å². The molecule has 0 aliphatic heterocycles. The molecule has 44 heavy (non-hydrogen) atoms. The van der Waals surface area contributed by atoms with Crippen LogP contribution in [0.1, 0.15) is 149 Å². The second-order valence-electron chi connectivity index (χ2n) is 13.1. The van der Waals surface area contributed by atoms with Crippen molar-refractivity contribution in [1.82, 2.24) is 0 Å². The molecule has 0 fully saturated rings. The first kappa shape index (κ1) is 37.7. The quantitative estimate of drug-likeness (QED) is 0.0677. The Bertz CT molecular complexity index is 1120. The van der Waals surface area contributed by atoms with Gasteiger partial charge in [-0.15, -0.1) is 0 Å². The molecule has 0 aliphatic rings. The van der Waals surface area contributed by atoms with Gasteiger partial charge in [0, 0.05) is 13.5 Å². The van der Waals surface area contributed by atoms with Gasteiger partial charge < -0.3 is 9.47 Å². The lowest BCUT2D eigenvalue weighted by molar-refractivity contribution is -0.162. The Balaban J connectivity index is 1.90. The van der Waals surface area contributed by atoms with Crippen molar-refractivity contribution in [2.24, 2.45) is 11.8 Å². The van der Waals surface area contributed by atoms with E-state index in [0.29, 0.717) is 18.3 Å². The maximum Gasteiger partial charge on any atom is 0.340 e. The number of carbonyl (C=O) groups is 2. The van der Waals surface area contributed by atoms with Crippen molar-refractivity contribution in [2.45, 2.75) is 150 Å². The van der Waals surface area contributed by atoms with Gasteiger partial charge in [-0.3, -0.25) is 4.79 Å². The van der Waals surface area contributed by atoms with Gasteiger partial charge in [0.1, 0.15) is 6.10 Å². The highest BCUT2D eigenvalue weighted by Crippen LogP contribution is 2.27. The van der Waals surface area contributed by atoms with Gasteiger partial charge in [-0.2, -0.15) is 0 Å². The van der Waals surface area contributed by atoms with E-state index < -0.39 is 6.10 Å². The fourth-order valence-corrected chi connectivity index (χ4v) is 6.39. The zero-order chi connectivity index (χ0) is 32.2. The van der Waals surface area contributed by atoms with Crippen LogP contribution in [-0.2, 0) is 19.1 Å². The predicted octanol–water partition coefficient (Wildman–Crippen LogP) is 11.5. The summed E-state index contributed by atoms with van der Waals surface area (Å²) >= 11 is 0. The van der Waals surface area contributed by atoms with E-state index in [-0.39, 0.29) is 17.9 Å². The lowest BCUT2D eigenvalue weighted by Gasteiger charge is -2.22. The molecule has 4 nitrogen and oxygen atoms in total. The number of Topliss-reactive ketones (excluding diaryl/α,β-unsaturated/α-hetero) is 1. The first-order chi connectivity index (χ1) is 21.3. The minimum absolute atomic E-state index is 0.0787. The van der Waals surface area contributed by atoms with Gasteiger partial charge in [0.15, 0.2) is 11.9 Å². The molecule has 2 aromatic rings. The zero-order valence-electron chi connectivity index (χ0n) is 28.9. The molecule has 2 unspecified atom stereocenters. The van der Waals surface area contributed by atoms with Gasteiger partial charge in [0.25, 0.3) is 0 Å². The summed E-state index contributed by atoms with van der Waals surface area (Å²) in [5.41, 5.74) is 1.73. The van der Waals surface area contributed by atoms with Crippen molar-refractivity contribution < 1.29 is 19.1 Å². The van der Waals surface area contributed by atoms with Gasteiger partial charge in [-0.05, 0) is 78.8 Å². The summed E-state index contributed by atoms with van der Waals surface area (Å²) < 4.78 is 11.9. The fourth-order valence-electron chi connectivity index (χ4n) is 6.39. The predicted molar refractivity (Wildman–Crippen MR) is 186 cm³/mol. The Hall–Kier alpha value is -2.46. The normalized spacial score (nSPS) is 14.7.